The van der Waals surface area contributed by atoms with Crippen LogP contribution in [0.15, 0.2) is 24.3 Å². The number of rotatable bonds is 5. The molecule has 4 rings (SSSR count). The molecule has 1 aliphatic carbocycles. The molecule has 6 nitrogen and oxygen atoms in total. The molecule has 170 valence electrons. The summed E-state index contributed by atoms with van der Waals surface area (Å²) in [5.41, 5.74) is 0.615. The second kappa shape index (κ2) is 10.0. The molecule has 2 heterocycles. The molecule has 2 amide bonds. The minimum atomic E-state index is -0.0217. The van der Waals surface area contributed by atoms with Gasteiger partial charge >= 0.3 is 0 Å². The van der Waals surface area contributed by atoms with Crippen molar-refractivity contribution in [3.8, 4) is 5.75 Å². The van der Waals surface area contributed by atoms with Crippen molar-refractivity contribution in [1.82, 2.24) is 14.7 Å². The largest absolute Gasteiger partial charge is 0.496 e. The van der Waals surface area contributed by atoms with Crippen LogP contribution in [0.3, 0.4) is 0 Å². The van der Waals surface area contributed by atoms with E-state index in [4.69, 9.17) is 4.74 Å². The first-order chi connectivity index (χ1) is 15.1. The maximum Gasteiger partial charge on any atom is 0.257 e. The number of benzene rings is 1. The number of hydrogen-bond acceptors (Lipinski definition) is 4. The highest BCUT2D eigenvalue weighted by Crippen LogP contribution is 2.33. The van der Waals surface area contributed by atoms with E-state index in [1.54, 1.807) is 7.11 Å². The van der Waals surface area contributed by atoms with Crippen LogP contribution in [0.25, 0.3) is 0 Å². The number of hydrogen-bond donors (Lipinski definition) is 0. The van der Waals surface area contributed by atoms with E-state index in [0.29, 0.717) is 42.3 Å². The predicted octanol–water partition coefficient (Wildman–Crippen LogP) is 3.41. The molecule has 0 bridgehead atoms. The van der Waals surface area contributed by atoms with Gasteiger partial charge in [-0.2, -0.15) is 0 Å². The fraction of sp³-hybridized carbons (Fsp3) is 0.680. The monoisotopic (exact) mass is 427 g/mol. The molecule has 1 aromatic rings. The van der Waals surface area contributed by atoms with Gasteiger partial charge < -0.3 is 14.5 Å². The highest BCUT2D eigenvalue weighted by molar-refractivity contribution is 5.97. The van der Waals surface area contributed by atoms with E-state index in [1.165, 1.54) is 19.3 Å². The lowest BCUT2D eigenvalue weighted by molar-refractivity contribution is -0.143. The SMILES string of the molecule is COc1ccccc1C(=O)N1CCN([C@H](C(=O)N2CCCC[C@@H]2C)C2CCCC2)CC1. The standard InChI is InChI=1S/C25H37N3O3/c1-19-9-7-8-14-28(19)25(30)23(20-10-3-4-11-20)26-15-17-27(18-16-26)24(29)21-12-5-6-13-22(21)31-2/h5-6,12-13,19-20,23H,3-4,7-11,14-18H2,1-2H3/t19-,23-/m0/s1. The highest BCUT2D eigenvalue weighted by Gasteiger charge is 2.40. The van der Waals surface area contributed by atoms with Gasteiger partial charge in [0.2, 0.25) is 5.91 Å². The Bertz CT molecular complexity index is 769. The fourth-order valence-electron chi connectivity index (χ4n) is 5.72. The van der Waals surface area contributed by atoms with Gasteiger partial charge in [-0.1, -0.05) is 25.0 Å². The second-order valence-corrected chi connectivity index (χ2v) is 9.39. The van der Waals surface area contributed by atoms with Gasteiger partial charge in [0, 0.05) is 38.8 Å². The molecule has 0 unspecified atom stereocenters. The van der Waals surface area contributed by atoms with E-state index in [0.717, 1.165) is 45.3 Å². The molecule has 2 saturated heterocycles. The van der Waals surface area contributed by atoms with Gasteiger partial charge in [-0.3, -0.25) is 14.5 Å². The first-order valence-electron chi connectivity index (χ1n) is 12.1. The van der Waals surface area contributed by atoms with Crippen molar-refractivity contribution >= 4 is 11.8 Å². The number of para-hydroxylation sites is 1. The molecule has 1 aromatic carbocycles. The van der Waals surface area contributed by atoms with Gasteiger partial charge in [0.1, 0.15) is 5.75 Å². The number of carbonyl (C=O) groups is 2. The van der Waals surface area contributed by atoms with E-state index >= 15 is 0 Å². The van der Waals surface area contributed by atoms with Crippen molar-refractivity contribution < 1.29 is 14.3 Å². The van der Waals surface area contributed by atoms with Crippen LogP contribution in [0.2, 0.25) is 0 Å². The summed E-state index contributed by atoms with van der Waals surface area (Å²) in [5, 5.41) is 0. The molecular weight excluding hydrogens is 390 g/mol. The maximum absolute atomic E-state index is 13.7. The lowest BCUT2D eigenvalue weighted by atomic mass is 9.92. The average molecular weight is 428 g/mol. The predicted molar refractivity (Wildman–Crippen MR) is 121 cm³/mol. The molecule has 0 aromatic heterocycles. The van der Waals surface area contributed by atoms with E-state index < -0.39 is 0 Å². The lowest BCUT2D eigenvalue weighted by Crippen LogP contribution is -2.60. The summed E-state index contributed by atoms with van der Waals surface area (Å²) in [6.07, 6.45) is 8.23. The molecule has 2 atom stereocenters. The number of methoxy groups -OCH3 is 1. The van der Waals surface area contributed by atoms with Crippen molar-refractivity contribution in [1.29, 1.82) is 0 Å². The molecular formula is C25H37N3O3. The van der Waals surface area contributed by atoms with Crippen LogP contribution in [0.4, 0.5) is 0 Å². The molecule has 3 aliphatic rings. The molecule has 0 radical (unpaired) electrons. The quantitative estimate of drug-likeness (QED) is 0.723. The van der Waals surface area contributed by atoms with Gasteiger partial charge in [0.05, 0.1) is 18.7 Å². The van der Waals surface area contributed by atoms with Crippen LogP contribution in [0, 0.1) is 5.92 Å². The summed E-state index contributed by atoms with van der Waals surface area (Å²) in [4.78, 5) is 33.2. The Hall–Kier alpha value is -2.08. The number of amides is 2. The molecule has 0 N–H and O–H groups in total. The van der Waals surface area contributed by atoms with Crippen LogP contribution in [0.5, 0.6) is 5.75 Å². The van der Waals surface area contributed by atoms with E-state index in [9.17, 15) is 9.59 Å². The Morgan fingerprint density at radius 2 is 1.61 bits per heavy atom. The Morgan fingerprint density at radius 3 is 2.29 bits per heavy atom. The maximum atomic E-state index is 13.7. The van der Waals surface area contributed by atoms with Crippen molar-refractivity contribution in [3.63, 3.8) is 0 Å². The summed E-state index contributed by atoms with van der Waals surface area (Å²) < 4.78 is 5.38. The molecule has 3 fully saturated rings. The third-order valence-corrected chi connectivity index (χ3v) is 7.52. The molecule has 0 spiro atoms. The zero-order valence-electron chi connectivity index (χ0n) is 19.1. The third kappa shape index (κ3) is 4.74. The summed E-state index contributed by atoms with van der Waals surface area (Å²) in [5.74, 6) is 1.43. The van der Waals surface area contributed by atoms with Crippen LogP contribution < -0.4 is 4.74 Å². The number of likely N-dealkylation sites (tertiary alicyclic amines) is 1. The minimum Gasteiger partial charge on any atom is -0.496 e. The van der Waals surface area contributed by atoms with Crippen molar-refractivity contribution in [2.75, 3.05) is 39.8 Å². The number of nitrogens with zero attached hydrogens (tertiary/aromatic N) is 3. The van der Waals surface area contributed by atoms with Gasteiger partial charge in [-0.25, -0.2) is 0 Å². The van der Waals surface area contributed by atoms with Crippen LogP contribution >= 0.6 is 0 Å². The summed E-state index contributed by atoms with van der Waals surface area (Å²) in [6, 6.07) is 7.74. The summed E-state index contributed by atoms with van der Waals surface area (Å²) in [6.45, 7) is 5.93. The second-order valence-electron chi connectivity index (χ2n) is 9.39. The fourth-order valence-corrected chi connectivity index (χ4v) is 5.72. The molecule has 6 heteroatoms. The zero-order chi connectivity index (χ0) is 21.8. The summed E-state index contributed by atoms with van der Waals surface area (Å²) >= 11 is 0. The normalized spacial score (nSPS) is 24.3. The van der Waals surface area contributed by atoms with Crippen LogP contribution in [0.1, 0.15) is 62.2 Å². The van der Waals surface area contributed by atoms with Crippen molar-refractivity contribution in [3.05, 3.63) is 29.8 Å². The Balaban J connectivity index is 1.45. The first-order valence-corrected chi connectivity index (χ1v) is 12.1. The zero-order valence-corrected chi connectivity index (χ0v) is 19.1. The highest BCUT2D eigenvalue weighted by atomic mass is 16.5. The molecule has 2 aliphatic heterocycles. The Labute approximate surface area is 186 Å². The Kier molecular flexibility index (Phi) is 7.16. The number of carbonyl (C=O) groups excluding carboxylic acids is 2. The lowest BCUT2D eigenvalue weighted by Gasteiger charge is -2.44. The first kappa shape index (κ1) is 22.1. The smallest absolute Gasteiger partial charge is 0.257 e. The van der Waals surface area contributed by atoms with Crippen LogP contribution in [-0.4, -0.2) is 78.4 Å². The number of ether oxygens (including phenoxy) is 1. The van der Waals surface area contributed by atoms with E-state index in [2.05, 4.69) is 16.7 Å². The Morgan fingerprint density at radius 1 is 0.935 bits per heavy atom. The number of piperazine rings is 1. The van der Waals surface area contributed by atoms with E-state index in [-0.39, 0.29) is 11.9 Å². The summed E-state index contributed by atoms with van der Waals surface area (Å²) in [7, 11) is 1.60. The van der Waals surface area contributed by atoms with Crippen molar-refractivity contribution in [2.24, 2.45) is 5.92 Å². The minimum absolute atomic E-state index is 0.0190. The molecule has 1 saturated carbocycles. The van der Waals surface area contributed by atoms with Crippen molar-refractivity contribution in [2.45, 2.75) is 64.0 Å². The number of piperidine rings is 1. The van der Waals surface area contributed by atoms with Gasteiger partial charge in [-0.05, 0) is 57.1 Å². The van der Waals surface area contributed by atoms with Gasteiger partial charge in [0.15, 0.2) is 0 Å². The topological polar surface area (TPSA) is 53.1 Å². The molecule has 31 heavy (non-hydrogen) atoms. The van der Waals surface area contributed by atoms with Gasteiger partial charge in [0.25, 0.3) is 5.91 Å². The third-order valence-electron chi connectivity index (χ3n) is 7.52. The average Bonchev–Trinajstić information content (AvgIpc) is 3.34. The van der Waals surface area contributed by atoms with Crippen LogP contribution in [-0.2, 0) is 4.79 Å². The van der Waals surface area contributed by atoms with Gasteiger partial charge in [-0.15, -0.1) is 0 Å². The van der Waals surface area contributed by atoms with E-state index in [1.807, 2.05) is 29.2 Å².